The topological polar surface area (TPSA) is 393 Å². The first kappa shape index (κ1) is 65.2. The molecular weight excluding hydrogens is 1110 g/mol. The van der Waals surface area contributed by atoms with Gasteiger partial charge >= 0.3 is 5.97 Å². The largest absolute Gasteiger partial charge is 0.481 e. The summed E-state index contributed by atoms with van der Waals surface area (Å²) >= 11 is 0. The van der Waals surface area contributed by atoms with E-state index in [2.05, 4.69) is 54.5 Å². The highest BCUT2D eigenvalue weighted by Crippen LogP contribution is 2.76. The molecule has 5 heterocycles. The number of ether oxygens (including phenoxy) is 10. The summed E-state index contributed by atoms with van der Waals surface area (Å²) in [6.45, 7) is 17.3. The zero-order chi connectivity index (χ0) is 61.3. The molecule has 0 aromatic carbocycles. The second-order valence-corrected chi connectivity index (χ2v) is 28.7. The average molecular weight is 1210 g/mol. The molecule has 84 heavy (non-hydrogen) atoms. The molecule has 25 nitrogen and oxygen atoms in total. The van der Waals surface area contributed by atoms with Gasteiger partial charge in [0.1, 0.15) is 104 Å². The van der Waals surface area contributed by atoms with Gasteiger partial charge in [-0.1, -0.05) is 60.1 Å². The number of rotatable bonds is 13. The summed E-state index contributed by atoms with van der Waals surface area (Å²) in [5, 5.41) is 154. The molecule has 0 radical (unpaired) electrons. The van der Waals surface area contributed by atoms with Crippen LogP contribution in [0.1, 0.15) is 127 Å². The van der Waals surface area contributed by atoms with Crippen LogP contribution in [0.25, 0.3) is 0 Å². The molecule has 0 aromatic heterocycles. The molecule has 0 bridgehead atoms. The van der Waals surface area contributed by atoms with Crippen molar-refractivity contribution >= 4 is 5.97 Å². The fourth-order valence-electron chi connectivity index (χ4n) is 17.6. The third kappa shape index (κ3) is 10.9. The molecule has 5 aliphatic heterocycles. The van der Waals surface area contributed by atoms with Crippen LogP contribution < -0.4 is 0 Å². The van der Waals surface area contributed by atoms with Crippen LogP contribution in [0.3, 0.4) is 0 Å². The van der Waals surface area contributed by atoms with E-state index in [1.807, 2.05) is 0 Å². The van der Waals surface area contributed by atoms with E-state index in [-0.39, 0.29) is 40.1 Å². The van der Waals surface area contributed by atoms with Gasteiger partial charge in [-0.15, -0.1) is 0 Å². The highest BCUT2D eigenvalue weighted by molar-refractivity contribution is 5.76. The molecule has 0 amide bonds. The number of carboxylic acids is 1. The standard InChI is InChI=1S/C59H96O25/c1-24-34(62)37(65)40(68)48(77-24)76-23-30-36(64)38(66)41(69)50(80-30)83-46-29(21-60)79-51(42(70)39(46)67)84-47-35(63)25(2)78-52(44(47)72)82-45-28(61)22-75-49(43(45)71)81-33-13-14-56(7)31(55(33,5)6)12-15-58(9)32(56)11-10-26-27-20-54(3,4)16-18-59(27,53(73)74)19-17-57(26,58)8/h10,24-25,27-52,60-72H,11-23H2,1-9H3,(H,73,74)/t24-,25+,27?,28+,29+,30+,31?,32?,33-,34-,35+,36+,37+,38-,39+,40-,41+,42+,43+,44-,45-,46+,47-,48-,49-,50+,51-,52+,56-,57+,58+,59-/m0/s1. The van der Waals surface area contributed by atoms with Gasteiger partial charge in [-0.3, -0.25) is 4.79 Å². The van der Waals surface area contributed by atoms with Crippen molar-refractivity contribution in [1.29, 1.82) is 0 Å². The molecule has 3 unspecified atom stereocenters. The van der Waals surface area contributed by atoms with Crippen LogP contribution in [0.15, 0.2) is 11.6 Å². The Bertz CT molecular complexity index is 2340. The van der Waals surface area contributed by atoms with E-state index in [1.54, 1.807) is 0 Å². The number of allylic oxidation sites excluding steroid dienone is 2. The third-order valence-electron chi connectivity index (χ3n) is 23.1. The zero-order valence-corrected chi connectivity index (χ0v) is 49.7. The molecular formula is C59H96O25. The molecule has 5 saturated heterocycles. The number of aliphatic hydroxyl groups is 13. The van der Waals surface area contributed by atoms with Crippen molar-refractivity contribution < 1.29 is 124 Å². The molecule has 32 atom stereocenters. The van der Waals surface area contributed by atoms with Crippen LogP contribution in [-0.2, 0) is 52.2 Å². The number of aliphatic carboxylic acids is 1. The molecule has 0 aromatic rings. The Hall–Kier alpha value is -1.71. The van der Waals surface area contributed by atoms with Gasteiger partial charge in [-0.2, -0.15) is 0 Å². The van der Waals surface area contributed by atoms with E-state index in [1.165, 1.54) is 19.4 Å². The van der Waals surface area contributed by atoms with E-state index in [9.17, 15) is 76.3 Å². The number of aliphatic hydroxyl groups excluding tert-OH is 13. The van der Waals surface area contributed by atoms with Gasteiger partial charge in [-0.05, 0) is 123 Å². The minimum Gasteiger partial charge on any atom is -0.481 e. The molecule has 482 valence electrons. The first-order valence-electron chi connectivity index (χ1n) is 30.5. The molecule has 4 saturated carbocycles. The molecule has 25 heteroatoms. The van der Waals surface area contributed by atoms with Gasteiger partial charge in [0.15, 0.2) is 31.5 Å². The molecule has 9 fully saturated rings. The third-order valence-corrected chi connectivity index (χ3v) is 23.1. The summed E-state index contributed by atoms with van der Waals surface area (Å²) in [4.78, 5) is 13.2. The van der Waals surface area contributed by atoms with Crippen molar-refractivity contribution in [2.24, 2.45) is 50.2 Å². The van der Waals surface area contributed by atoms with Gasteiger partial charge in [0.25, 0.3) is 0 Å². The Balaban J connectivity index is 0.771. The maximum atomic E-state index is 13.2. The van der Waals surface area contributed by atoms with E-state index in [4.69, 9.17) is 47.4 Å². The van der Waals surface area contributed by atoms with Gasteiger partial charge < -0.3 is 119 Å². The summed E-state index contributed by atoms with van der Waals surface area (Å²) < 4.78 is 59.0. The lowest BCUT2D eigenvalue weighted by atomic mass is 9.33. The van der Waals surface area contributed by atoms with Crippen molar-refractivity contribution in [3.05, 3.63) is 11.6 Å². The molecule has 10 rings (SSSR count). The molecule has 0 spiro atoms. The van der Waals surface area contributed by atoms with Crippen molar-refractivity contribution in [2.45, 2.75) is 280 Å². The van der Waals surface area contributed by atoms with Crippen LogP contribution in [-0.4, -0.2) is 251 Å². The first-order valence-corrected chi connectivity index (χ1v) is 30.5. The summed E-state index contributed by atoms with van der Waals surface area (Å²) in [6.07, 6.45) is -29.3. The molecule has 10 aliphatic rings. The van der Waals surface area contributed by atoms with Crippen molar-refractivity contribution in [3.63, 3.8) is 0 Å². The highest BCUT2D eigenvalue weighted by Gasteiger charge is 2.70. The van der Waals surface area contributed by atoms with E-state index in [0.717, 1.165) is 44.9 Å². The number of hydrogen-bond donors (Lipinski definition) is 14. The van der Waals surface area contributed by atoms with Crippen LogP contribution in [0.4, 0.5) is 0 Å². The van der Waals surface area contributed by atoms with Crippen molar-refractivity contribution in [3.8, 4) is 0 Å². The number of fused-ring (bicyclic) bond motifs is 7. The predicted octanol–water partition coefficient (Wildman–Crippen LogP) is -0.951. The zero-order valence-electron chi connectivity index (χ0n) is 49.7. The first-order chi connectivity index (χ1) is 39.3. The number of hydrogen-bond acceptors (Lipinski definition) is 24. The molecule has 5 aliphatic carbocycles. The lowest BCUT2D eigenvalue weighted by Crippen LogP contribution is -2.67. The Kier molecular flexibility index (Phi) is 18.5. The normalized spacial score (nSPS) is 54.7. The SMILES string of the molecule is C[C@@H]1O[C@H](OC[C@H]2O[C@H](O[C@H]3[C@H](O)[C@@H](O)[C@H](O[C@@H]4[C@H](O)[C@@H](O[C@@H]5[C@@H](O)[C@H](O[C@H]6CC[C@@]7(C)C(CC[C@]8(C)C7CC=C7C9CC(C)(C)CC[C@]9(C(=O)O)CC[C@]78C)C6(C)C)OC[C@H]5O)O[C@H](C)[C@H]4O)O[C@@H]3CO)[C@H](O)[C@@H](O)[C@@H]2O)[C@@H](O)[C@H](O)[C@H]1O. The predicted molar refractivity (Wildman–Crippen MR) is 287 cm³/mol. The second-order valence-electron chi connectivity index (χ2n) is 28.7. The summed E-state index contributed by atoms with van der Waals surface area (Å²) in [5.74, 6) is -0.103. The Labute approximate surface area is 490 Å². The van der Waals surface area contributed by atoms with Gasteiger partial charge in [0, 0.05) is 0 Å². The maximum absolute atomic E-state index is 13.2. The lowest BCUT2D eigenvalue weighted by molar-refractivity contribution is -0.387. The van der Waals surface area contributed by atoms with Crippen molar-refractivity contribution in [1.82, 2.24) is 0 Å². The smallest absolute Gasteiger partial charge is 0.310 e. The van der Waals surface area contributed by atoms with E-state index in [0.29, 0.717) is 25.2 Å². The fraction of sp³-hybridized carbons (Fsp3) is 0.949. The minimum atomic E-state index is -2.06. The Morgan fingerprint density at radius 3 is 1.81 bits per heavy atom. The Morgan fingerprint density at radius 2 is 1.13 bits per heavy atom. The Morgan fingerprint density at radius 1 is 0.560 bits per heavy atom. The number of carbonyl (C=O) groups is 1. The van der Waals surface area contributed by atoms with Crippen LogP contribution in [0.2, 0.25) is 0 Å². The van der Waals surface area contributed by atoms with Crippen molar-refractivity contribution in [2.75, 3.05) is 19.8 Å². The monoisotopic (exact) mass is 1200 g/mol. The van der Waals surface area contributed by atoms with Gasteiger partial charge in [0.2, 0.25) is 0 Å². The van der Waals surface area contributed by atoms with Crippen LogP contribution in [0.5, 0.6) is 0 Å². The maximum Gasteiger partial charge on any atom is 0.310 e. The number of carboxylic acid groups (broad SMARTS) is 1. The quantitative estimate of drug-likeness (QED) is 0.0781. The fourth-order valence-corrected chi connectivity index (χ4v) is 17.6. The van der Waals surface area contributed by atoms with E-state index < -0.39 is 184 Å². The van der Waals surface area contributed by atoms with Gasteiger partial charge in [0.05, 0.1) is 43.5 Å². The lowest BCUT2D eigenvalue weighted by Gasteiger charge is -2.71. The minimum absolute atomic E-state index is 0.00748. The van der Waals surface area contributed by atoms with Gasteiger partial charge in [-0.25, -0.2) is 0 Å². The van der Waals surface area contributed by atoms with Crippen LogP contribution in [0, 0.1) is 50.2 Å². The summed E-state index contributed by atoms with van der Waals surface area (Å²) in [5.41, 5.74) is -0.0244. The molecule has 14 N–H and O–H groups in total. The summed E-state index contributed by atoms with van der Waals surface area (Å²) in [6, 6.07) is 0. The van der Waals surface area contributed by atoms with Crippen LogP contribution >= 0.6 is 0 Å². The second kappa shape index (κ2) is 23.8. The average Bonchev–Trinajstić information content (AvgIpc) is 0.723. The highest BCUT2D eigenvalue weighted by atomic mass is 16.8. The summed E-state index contributed by atoms with van der Waals surface area (Å²) in [7, 11) is 0. The van der Waals surface area contributed by atoms with E-state index >= 15 is 0 Å².